The van der Waals surface area contributed by atoms with E-state index in [2.05, 4.69) is 0 Å². The van der Waals surface area contributed by atoms with Crippen molar-refractivity contribution < 1.29 is 13.9 Å². The molecule has 0 saturated carbocycles. The lowest BCUT2D eigenvalue weighted by Gasteiger charge is -2.30. The van der Waals surface area contributed by atoms with Crippen LogP contribution < -0.4 is 0 Å². The Labute approximate surface area is 120 Å². The van der Waals surface area contributed by atoms with Crippen molar-refractivity contribution in [3.8, 4) is 0 Å². The summed E-state index contributed by atoms with van der Waals surface area (Å²) < 4.78 is 19.2. The van der Waals surface area contributed by atoms with Gasteiger partial charge in [-0.25, -0.2) is 4.39 Å². The van der Waals surface area contributed by atoms with Gasteiger partial charge in [-0.15, -0.1) is 0 Å². The van der Waals surface area contributed by atoms with E-state index in [1.165, 1.54) is 0 Å². The molecule has 20 heavy (non-hydrogen) atoms. The SMILES string of the molecule is CCC(CC)N(CCOC)C(=O)c1cccc(C)c1F. The van der Waals surface area contributed by atoms with E-state index in [0.29, 0.717) is 18.7 Å². The number of aryl methyl sites for hydroxylation is 1. The molecule has 0 atom stereocenters. The Kier molecular flexibility index (Phi) is 6.65. The number of rotatable bonds is 7. The van der Waals surface area contributed by atoms with E-state index < -0.39 is 5.82 Å². The van der Waals surface area contributed by atoms with Gasteiger partial charge in [-0.1, -0.05) is 26.0 Å². The van der Waals surface area contributed by atoms with Crippen LogP contribution in [0.15, 0.2) is 18.2 Å². The van der Waals surface area contributed by atoms with Crippen molar-refractivity contribution in [1.29, 1.82) is 0 Å². The van der Waals surface area contributed by atoms with Crippen LogP contribution in [0.3, 0.4) is 0 Å². The van der Waals surface area contributed by atoms with Gasteiger partial charge in [0.2, 0.25) is 0 Å². The van der Waals surface area contributed by atoms with E-state index >= 15 is 0 Å². The van der Waals surface area contributed by atoms with Gasteiger partial charge >= 0.3 is 0 Å². The van der Waals surface area contributed by atoms with Crippen molar-refractivity contribution in [1.82, 2.24) is 4.90 Å². The van der Waals surface area contributed by atoms with E-state index in [0.717, 1.165) is 12.8 Å². The average Bonchev–Trinajstić information content (AvgIpc) is 2.45. The molecule has 0 fully saturated rings. The normalized spacial score (nSPS) is 10.9. The Morgan fingerprint density at radius 3 is 2.55 bits per heavy atom. The maximum Gasteiger partial charge on any atom is 0.257 e. The maximum atomic E-state index is 14.1. The third-order valence-corrected chi connectivity index (χ3v) is 3.60. The van der Waals surface area contributed by atoms with Crippen LogP contribution in [0.5, 0.6) is 0 Å². The van der Waals surface area contributed by atoms with Gasteiger partial charge < -0.3 is 9.64 Å². The highest BCUT2D eigenvalue weighted by Gasteiger charge is 2.24. The summed E-state index contributed by atoms with van der Waals surface area (Å²) in [6.45, 7) is 6.68. The first-order chi connectivity index (χ1) is 9.56. The summed E-state index contributed by atoms with van der Waals surface area (Å²) in [5, 5.41) is 0. The van der Waals surface area contributed by atoms with Crippen LogP contribution >= 0.6 is 0 Å². The number of hydrogen-bond acceptors (Lipinski definition) is 2. The molecule has 3 nitrogen and oxygen atoms in total. The number of carbonyl (C=O) groups is 1. The molecule has 0 unspecified atom stereocenters. The van der Waals surface area contributed by atoms with Crippen LogP contribution in [0.2, 0.25) is 0 Å². The Balaban J connectivity index is 3.05. The molecular weight excluding hydrogens is 257 g/mol. The zero-order valence-electron chi connectivity index (χ0n) is 12.8. The fourth-order valence-electron chi connectivity index (χ4n) is 2.34. The molecule has 0 aliphatic heterocycles. The Hall–Kier alpha value is -1.42. The number of halogens is 1. The van der Waals surface area contributed by atoms with Gasteiger partial charge in [0.25, 0.3) is 5.91 Å². The number of ether oxygens (including phenoxy) is 1. The predicted octanol–water partition coefficient (Wildman–Crippen LogP) is 3.41. The van der Waals surface area contributed by atoms with Crippen LogP contribution in [0.1, 0.15) is 42.6 Å². The third-order valence-electron chi connectivity index (χ3n) is 3.60. The number of nitrogens with zero attached hydrogens (tertiary/aromatic N) is 1. The maximum absolute atomic E-state index is 14.1. The van der Waals surface area contributed by atoms with Crippen molar-refractivity contribution in [2.75, 3.05) is 20.3 Å². The number of hydrogen-bond donors (Lipinski definition) is 0. The number of amides is 1. The monoisotopic (exact) mass is 281 g/mol. The molecule has 4 heteroatoms. The molecule has 1 rings (SSSR count). The highest BCUT2D eigenvalue weighted by molar-refractivity contribution is 5.95. The van der Waals surface area contributed by atoms with E-state index in [4.69, 9.17) is 4.74 Å². The lowest BCUT2D eigenvalue weighted by atomic mass is 10.1. The van der Waals surface area contributed by atoms with Gasteiger partial charge in [-0.05, 0) is 31.4 Å². The lowest BCUT2D eigenvalue weighted by Crippen LogP contribution is -2.42. The summed E-state index contributed by atoms with van der Waals surface area (Å²) in [5.74, 6) is -0.678. The summed E-state index contributed by atoms with van der Waals surface area (Å²) >= 11 is 0. The van der Waals surface area contributed by atoms with Gasteiger partial charge in [0.1, 0.15) is 5.82 Å². The molecule has 0 aliphatic carbocycles. The van der Waals surface area contributed by atoms with Crippen LogP contribution in [0.4, 0.5) is 4.39 Å². The summed E-state index contributed by atoms with van der Waals surface area (Å²) in [5.41, 5.74) is 0.639. The molecule has 1 aromatic rings. The zero-order valence-corrected chi connectivity index (χ0v) is 12.8. The summed E-state index contributed by atoms with van der Waals surface area (Å²) in [7, 11) is 1.60. The van der Waals surface area contributed by atoms with Crippen molar-refractivity contribution in [3.63, 3.8) is 0 Å². The quantitative estimate of drug-likeness (QED) is 0.766. The van der Waals surface area contributed by atoms with E-state index in [1.54, 1.807) is 37.1 Å². The second kappa shape index (κ2) is 8.00. The molecule has 112 valence electrons. The van der Waals surface area contributed by atoms with Crippen molar-refractivity contribution in [2.45, 2.75) is 39.7 Å². The van der Waals surface area contributed by atoms with Crippen LogP contribution in [-0.2, 0) is 4.74 Å². The molecular formula is C16H24FNO2. The smallest absolute Gasteiger partial charge is 0.257 e. The highest BCUT2D eigenvalue weighted by Crippen LogP contribution is 2.18. The van der Waals surface area contributed by atoms with Crippen LogP contribution in [0, 0.1) is 12.7 Å². The highest BCUT2D eigenvalue weighted by atomic mass is 19.1. The van der Waals surface area contributed by atoms with Gasteiger partial charge in [0, 0.05) is 19.7 Å². The first-order valence-corrected chi connectivity index (χ1v) is 7.11. The van der Waals surface area contributed by atoms with Gasteiger partial charge in [0.15, 0.2) is 0 Å². The Morgan fingerprint density at radius 1 is 1.35 bits per heavy atom. The second-order valence-electron chi connectivity index (χ2n) is 4.90. The minimum absolute atomic E-state index is 0.109. The summed E-state index contributed by atoms with van der Waals surface area (Å²) in [4.78, 5) is 14.3. The van der Waals surface area contributed by atoms with E-state index in [9.17, 15) is 9.18 Å². The zero-order chi connectivity index (χ0) is 15.1. The number of benzene rings is 1. The van der Waals surface area contributed by atoms with Crippen molar-refractivity contribution in [3.05, 3.63) is 35.1 Å². The standard InChI is InChI=1S/C16H24FNO2/c1-5-13(6-2)18(10-11-20-4)16(19)14-9-7-8-12(3)15(14)17/h7-9,13H,5-6,10-11H2,1-4H3. The van der Waals surface area contributed by atoms with Gasteiger partial charge in [-0.2, -0.15) is 0 Å². The minimum Gasteiger partial charge on any atom is -0.383 e. The van der Waals surface area contributed by atoms with E-state index in [1.807, 2.05) is 13.8 Å². The van der Waals surface area contributed by atoms with Crippen molar-refractivity contribution >= 4 is 5.91 Å². The number of methoxy groups -OCH3 is 1. The van der Waals surface area contributed by atoms with Crippen LogP contribution in [-0.4, -0.2) is 37.1 Å². The molecule has 1 amide bonds. The molecule has 0 saturated heterocycles. The average molecular weight is 281 g/mol. The largest absolute Gasteiger partial charge is 0.383 e. The fourth-order valence-corrected chi connectivity index (χ4v) is 2.34. The number of carbonyl (C=O) groups excluding carboxylic acids is 1. The van der Waals surface area contributed by atoms with Crippen LogP contribution in [0.25, 0.3) is 0 Å². The molecule has 0 aliphatic rings. The predicted molar refractivity (Wildman–Crippen MR) is 78.4 cm³/mol. The molecule has 0 spiro atoms. The minimum atomic E-state index is -0.425. The molecule has 0 heterocycles. The molecule has 0 N–H and O–H groups in total. The topological polar surface area (TPSA) is 29.5 Å². The summed E-state index contributed by atoms with van der Waals surface area (Å²) in [6, 6.07) is 5.04. The second-order valence-corrected chi connectivity index (χ2v) is 4.90. The van der Waals surface area contributed by atoms with Gasteiger partial charge in [-0.3, -0.25) is 4.79 Å². The molecule has 0 radical (unpaired) electrons. The van der Waals surface area contributed by atoms with Crippen molar-refractivity contribution in [2.24, 2.45) is 0 Å². The molecule has 1 aromatic carbocycles. The van der Waals surface area contributed by atoms with E-state index in [-0.39, 0.29) is 17.5 Å². The summed E-state index contributed by atoms with van der Waals surface area (Å²) in [6.07, 6.45) is 1.69. The third kappa shape index (κ3) is 3.79. The first kappa shape index (κ1) is 16.6. The fraction of sp³-hybridized carbons (Fsp3) is 0.562. The lowest BCUT2D eigenvalue weighted by molar-refractivity contribution is 0.0584. The molecule has 0 aromatic heterocycles. The Bertz CT molecular complexity index is 444. The first-order valence-electron chi connectivity index (χ1n) is 7.11. The Morgan fingerprint density at radius 2 is 2.00 bits per heavy atom. The van der Waals surface area contributed by atoms with Gasteiger partial charge in [0.05, 0.1) is 12.2 Å². The molecule has 0 bridgehead atoms.